The lowest BCUT2D eigenvalue weighted by Crippen LogP contribution is -1.88. The normalized spacial score (nSPS) is 10.5. The third-order valence-corrected chi connectivity index (χ3v) is 3.42. The Hall–Kier alpha value is -0.0600. The number of hydrogen-bond acceptors (Lipinski definition) is 2. The Morgan fingerprint density at radius 3 is 2.86 bits per heavy atom. The van der Waals surface area contributed by atoms with Gasteiger partial charge in [0.05, 0.1) is 4.47 Å². The molecule has 1 N–H and O–H groups in total. The summed E-state index contributed by atoms with van der Waals surface area (Å²) in [6.45, 7) is 0.236. The van der Waals surface area contributed by atoms with Crippen LogP contribution in [0, 0.1) is 5.82 Å². The maximum absolute atomic E-state index is 12.9. The highest BCUT2D eigenvalue weighted by molar-refractivity contribution is 9.10. The molecule has 0 bridgehead atoms. The molecule has 0 radical (unpaired) electrons. The van der Waals surface area contributed by atoms with Crippen LogP contribution in [0.2, 0.25) is 0 Å². The lowest BCUT2D eigenvalue weighted by molar-refractivity contribution is 0.296. The van der Waals surface area contributed by atoms with Gasteiger partial charge in [0.2, 0.25) is 0 Å². The predicted molar refractivity (Wildman–Crippen MR) is 62.0 cm³/mol. The van der Waals surface area contributed by atoms with Crippen molar-refractivity contribution in [1.29, 1.82) is 0 Å². The van der Waals surface area contributed by atoms with E-state index < -0.39 is 0 Å². The second-order valence-corrected chi connectivity index (χ2v) is 4.84. The van der Waals surface area contributed by atoms with E-state index in [1.807, 2.05) is 0 Å². The molecule has 0 aliphatic heterocycles. The molecule has 1 aromatic rings. The van der Waals surface area contributed by atoms with Crippen molar-refractivity contribution in [3.05, 3.63) is 34.1 Å². The predicted octanol–water partition coefficient (Wildman–Crippen LogP) is 3.20. The van der Waals surface area contributed by atoms with Gasteiger partial charge < -0.3 is 5.11 Å². The van der Waals surface area contributed by atoms with E-state index in [9.17, 15) is 4.39 Å². The Morgan fingerprint density at radius 1 is 1.43 bits per heavy atom. The number of benzene rings is 1. The molecular formula is C10H12BrFOS. The summed E-state index contributed by atoms with van der Waals surface area (Å²) in [4.78, 5) is 0. The first kappa shape index (κ1) is 12.0. The summed E-state index contributed by atoms with van der Waals surface area (Å²) < 4.78 is 13.4. The van der Waals surface area contributed by atoms with Gasteiger partial charge in [-0.3, -0.25) is 0 Å². The van der Waals surface area contributed by atoms with Gasteiger partial charge in [0, 0.05) is 12.4 Å². The Morgan fingerprint density at radius 2 is 2.21 bits per heavy atom. The highest BCUT2D eigenvalue weighted by Crippen LogP contribution is 2.20. The molecule has 0 spiro atoms. The minimum absolute atomic E-state index is 0.228. The van der Waals surface area contributed by atoms with Crippen molar-refractivity contribution in [3.8, 4) is 0 Å². The van der Waals surface area contributed by atoms with Gasteiger partial charge in [-0.1, -0.05) is 6.07 Å². The molecule has 0 atom stereocenters. The lowest BCUT2D eigenvalue weighted by Gasteiger charge is -2.02. The zero-order valence-electron chi connectivity index (χ0n) is 7.67. The van der Waals surface area contributed by atoms with Crippen LogP contribution in [-0.4, -0.2) is 17.5 Å². The summed E-state index contributed by atoms with van der Waals surface area (Å²) in [5.41, 5.74) is 1.10. The van der Waals surface area contributed by atoms with E-state index in [0.717, 1.165) is 23.5 Å². The fourth-order valence-electron chi connectivity index (χ4n) is 0.986. The van der Waals surface area contributed by atoms with Crippen LogP contribution in [0.15, 0.2) is 22.7 Å². The topological polar surface area (TPSA) is 20.2 Å². The third-order valence-electron chi connectivity index (χ3n) is 1.70. The standard InChI is InChI=1S/C10H12BrFOS/c11-9-6-8(2-3-10(9)12)7-14-5-1-4-13/h2-3,6,13H,1,4-5,7H2. The van der Waals surface area contributed by atoms with Gasteiger partial charge in [-0.2, -0.15) is 11.8 Å². The van der Waals surface area contributed by atoms with Crippen molar-refractivity contribution in [2.45, 2.75) is 12.2 Å². The zero-order chi connectivity index (χ0) is 10.4. The minimum atomic E-state index is -0.228. The van der Waals surface area contributed by atoms with Crippen LogP contribution in [0.25, 0.3) is 0 Å². The second kappa shape index (κ2) is 6.43. The van der Waals surface area contributed by atoms with Gasteiger partial charge in [-0.15, -0.1) is 0 Å². The first-order valence-electron chi connectivity index (χ1n) is 4.36. The highest BCUT2D eigenvalue weighted by atomic mass is 79.9. The summed E-state index contributed by atoms with van der Waals surface area (Å²) in [5, 5.41) is 8.57. The fourth-order valence-corrected chi connectivity index (χ4v) is 2.31. The van der Waals surface area contributed by atoms with Crippen molar-refractivity contribution < 1.29 is 9.50 Å². The zero-order valence-corrected chi connectivity index (χ0v) is 10.1. The van der Waals surface area contributed by atoms with E-state index >= 15 is 0 Å². The summed E-state index contributed by atoms with van der Waals surface area (Å²) in [5.74, 6) is 1.57. The summed E-state index contributed by atoms with van der Waals surface area (Å²) in [6, 6.07) is 5.04. The van der Waals surface area contributed by atoms with Crippen molar-refractivity contribution in [1.82, 2.24) is 0 Å². The monoisotopic (exact) mass is 278 g/mol. The van der Waals surface area contributed by atoms with Crippen LogP contribution in [0.4, 0.5) is 4.39 Å². The molecule has 1 nitrogen and oxygen atoms in total. The van der Waals surface area contributed by atoms with Gasteiger partial charge in [0.15, 0.2) is 0 Å². The number of halogens is 2. The van der Waals surface area contributed by atoms with E-state index in [-0.39, 0.29) is 12.4 Å². The SMILES string of the molecule is OCCCSCc1ccc(F)c(Br)c1. The molecule has 0 saturated heterocycles. The largest absolute Gasteiger partial charge is 0.396 e. The van der Waals surface area contributed by atoms with Gasteiger partial charge in [0.25, 0.3) is 0 Å². The van der Waals surface area contributed by atoms with Crippen LogP contribution < -0.4 is 0 Å². The number of thioether (sulfide) groups is 1. The van der Waals surface area contributed by atoms with Gasteiger partial charge >= 0.3 is 0 Å². The molecule has 4 heteroatoms. The Balaban J connectivity index is 2.39. The first-order valence-corrected chi connectivity index (χ1v) is 6.31. The quantitative estimate of drug-likeness (QED) is 0.835. The highest BCUT2D eigenvalue weighted by Gasteiger charge is 2.00. The number of aliphatic hydroxyl groups is 1. The van der Waals surface area contributed by atoms with Crippen molar-refractivity contribution in [3.63, 3.8) is 0 Å². The summed E-state index contributed by atoms with van der Waals surface area (Å²) >= 11 is 4.89. The molecule has 14 heavy (non-hydrogen) atoms. The Bertz CT molecular complexity index is 293. The van der Waals surface area contributed by atoms with Crippen LogP contribution in [0.1, 0.15) is 12.0 Å². The molecule has 0 unspecified atom stereocenters. The molecule has 0 aromatic heterocycles. The van der Waals surface area contributed by atoms with E-state index in [1.54, 1.807) is 23.9 Å². The maximum atomic E-state index is 12.9. The molecule has 1 aromatic carbocycles. The van der Waals surface area contributed by atoms with E-state index in [0.29, 0.717) is 4.47 Å². The molecule has 0 amide bonds. The van der Waals surface area contributed by atoms with Crippen LogP contribution in [0.3, 0.4) is 0 Å². The Labute approximate surface area is 95.8 Å². The molecule has 0 aliphatic rings. The molecule has 0 heterocycles. The van der Waals surface area contributed by atoms with Crippen LogP contribution in [-0.2, 0) is 5.75 Å². The average molecular weight is 279 g/mol. The smallest absolute Gasteiger partial charge is 0.137 e. The lowest BCUT2D eigenvalue weighted by atomic mass is 10.2. The van der Waals surface area contributed by atoms with Crippen molar-refractivity contribution in [2.75, 3.05) is 12.4 Å². The third kappa shape index (κ3) is 3.98. The van der Waals surface area contributed by atoms with E-state index in [2.05, 4.69) is 15.9 Å². The summed E-state index contributed by atoms with van der Waals surface area (Å²) in [7, 11) is 0. The van der Waals surface area contributed by atoms with Gasteiger partial charge in [-0.05, 0) is 45.8 Å². The molecular weight excluding hydrogens is 267 g/mol. The second-order valence-electron chi connectivity index (χ2n) is 2.88. The molecule has 0 fully saturated rings. The van der Waals surface area contributed by atoms with Crippen molar-refractivity contribution in [2.24, 2.45) is 0 Å². The van der Waals surface area contributed by atoms with Crippen LogP contribution in [0.5, 0.6) is 0 Å². The minimum Gasteiger partial charge on any atom is -0.396 e. The van der Waals surface area contributed by atoms with E-state index in [1.165, 1.54) is 6.07 Å². The average Bonchev–Trinajstić information content (AvgIpc) is 2.18. The number of hydrogen-bond donors (Lipinski definition) is 1. The first-order chi connectivity index (χ1) is 6.74. The molecule has 78 valence electrons. The summed E-state index contributed by atoms with van der Waals surface area (Å²) in [6.07, 6.45) is 0.813. The van der Waals surface area contributed by atoms with Crippen LogP contribution >= 0.6 is 27.7 Å². The fraction of sp³-hybridized carbons (Fsp3) is 0.400. The van der Waals surface area contributed by atoms with E-state index in [4.69, 9.17) is 5.11 Å². The molecule has 1 rings (SSSR count). The maximum Gasteiger partial charge on any atom is 0.137 e. The molecule has 0 saturated carbocycles. The number of aliphatic hydroxyl groups excluding tert-OH is 1. The van der Waals surface area contributed by atoms with Gasteiger partial charge in [0.1, 0.15) is 5.82 Å². The van der Waals surface area contributed by atoms with Crippen molar-refractivity contribution >= 4 is 27.7 Å². The number of rotatable bonds is 5. The molecule has 0 aliphatic carbocycles. The Kier molecular flexibility index (Phi) is 5.52. The van der Waals surface area contributed by atoms with Gasteiger partial charge in [-0.25, -0.2) is 4.39 Å².